The smallest absolute Gasteiger partial charge is 0.292 e. The van der Waals surface area contributed by atoms with Crippen LogP contribution in [0.1, 0.15) is 11.1 Å². The molecule has 0 unspecified atom stereocenters. The zero-order chi connectivity index (χ0) is 22.7. The number of aryl methyl sites for hydroxylation is 1. The third-order valence-electron chi connectivity index (χ3n) is 5.86. The fourth-order valence-electron chi connectivity index (χ4n) is 3.82. The highest BCUT2D eigenvalue weighted by Crippen LogP contribution is 2.23. The summed E-state index contributed by atoms with van der Waals surface area (Å²) in [5, 5.41) is 7.48. The monoisotopic (exact) mass is 451 g/mol. The molecule has 0 aliphatic carbocycles. The van der Waals surface area contributed by atoms with E-state index in [9.17, 15) is 9.59 Å². The molecule has 8 heteroatoms. The van der Waals surface area contributed by atoms with Crippen LogP contribution in [0.15, 0.2) is 59.5 Å². The summed E-state index contributed by atoms with van der Waals surface area (Å²) in [6, 6.07) is 15.1. The number of hydrogen-bond acceptors (Lipinski definition) is 5. The molecular weight excluding hydrogens is 426 g/mol. The molecule has 166 valence electrons. The van der Waals surface area contributed by atoms with Crippen LogP contribution in [0.2, 0.25) is 5.02 Å². The minimum absolute atomic E-state index is 0.0303. The number of amides is 1. The molecule has 2 aromatic carbocycles. The van der Waals surface area contributed by atoms with Gasteiger partial charge in [0.1, 0.15) is 5.02 Å². The van der Waals surface area contributed by atoms with E-state index in [1.807, 2.05) is 67.3 Å². The Kier molecular flexibility index (Phi) is 6.58. The van der Waals surface area contributed by atoms with E-state index >= 15 is 0 Å². The fourth-order valence-corrected chi connectivity index (χ4v) is 4.07. The van der Waals surface area contributed by atoms with E-state index in [4.69, 9.17) is 11.6 Å². The van der Waals surface area contributed by atoms with Gasteiger partial charge in [-0.25, -0.2) is 0 Å². The second-order valence-corrected chi connectivity index (χ2v) is 8.33. The molecular formula is C24H26ClN5O2. The van der Waals surface area contributed by atoms with Gasteiger partial charge in [-0.2, -0.15) is 9.78 Å². The summed E-state index contributed by atoms with van der Waals surface area (Å²) in [5.74, 6) is -0.0303. The lowest BCUT2D eigenvalue weighted by molar-refractivity contribution is -0.117. The van der Waals surface area contributed by atoms with Crippen LogP contribution in [-0.2, 0) is 4.79 Å². The average molecular weight is 452 g/mol. The van der Waals surface area contributed by atoms with Gasteiger partial charge in [0.2, 0.25) is 5.91 Å². The van der Waals surface area contributed by atoms with Crippen molar-refractivity contribution in [2.75, 3.05) is 42.9 Å². The van der Waals surface area contributed by atoms with Gasteiger partial charge in [0.05, 0.1) is 24.1 Å². The second kappa shape index (κ2) is 9.54. The molecule has 1 saturated heterocycles. The molecule has 1 aliphatic rings. The number of piperazine rings is 1. The number of carbonyl (C=O) groups is 1. The lowest BCUT2D eigenvalue weighted by Crippen LogP contribution is -2.49. The van der Waals surface area contributed by atoms with Gasteiger partial charge in [0, 0.05) is 31.9 Å². The number of benzene rings is 2. The molecule has 2 heterocycles. The standard InChI is InChI=1S/C24H26ClN5O2/c1-17-7-6-10-20(18(17)2)27-22(31)16-28-11-13-29(14-12-28)21-15-26-30(24(32)23(21)25)19-8-4-3-5-9-19/h3-10,15H,11-14,16H2,1-2H3,(H,27,31). The van der Waals surface area contributed by atoms with Crippen LogP contribution < -0.4 is 15.8 Å². The van der Waals surface area contributed by atoms with Crippen LogP contribution >= 0.6 is 11.6 Å². The van der Waals surface area contributed by atoms with Gasteiger partial charge in [-0.15, -0.1) is 0 Å². The Morgan fingerprint density at radius 2 is 1.75 bits per heavy atom. The number of para-hydroxylation sites is 1. The van der Waals surface area contributed by atoms with Gasteiger partial charge < -0.3 is 10.2 Å². The first kappa shape index (κ1) is 22.0. The first-order valence-corrected chi connectivity index (χ1v) is 11.0. The van der Waals surface area contributed by atoms with E-state index in [1.165, 1.54) is 4.68 Å². The van der Waals surface area contributed by atoms with Crippen molar-refractivity contribution in [2.45, 2.75) is 13.8 Å². The fraction of sp³-hybridized carbons (Fsp3) is 0.292. The van der Waals surface area contributed by atoms with Crippen LogP contribution in [0.25, 0.3) is 5.69 Å². The molecule has 1 aliphatic heterocycles. The van der Waals surface area contributed by atoms with E-state index < -0.39 is 0 Å². The van der Waals surface area contributed by atoms with Gasteiger partial charge >= 0.3 is 0 Å². The first-order valence-electron chi connectivity index (χ1n) is 10.6. The summed E-state index contributed by atoms with van der Waals surface area (Å²) in [7, 11) is 0. The van der Waals surface area contributed by atoms with Crippen LogP contribution in [0.3, 0.4) is 0 Å². The molecule has 7 nitrogen and oxygen atoms in total. The highest BCUT2D eigenvalue weighted by molar-refractivity contribution is 6.33. The molecule has 1 fully saturated rings. The van der Waals surface area contributed by atoms with Gasteiger partial charge in [0.25, 0.3) is 5.56 Å². The molecule has 32 heavy (non-hydrogen) atoms. The van der Waals surface area contributed by atoms with Crippen molar-refractivity contribution in [2.24, 2.45) is 0 Å². The number of halogens is 1. The van der Waals surface area contributed by atoms with Crippen LogP contribution in [0.5, 0.6) is 0 Å². The number of aromatic nitrogens is 2. The summed E-state index contributed by atoms with van der Waals surface area (Å²) in [5.41, 5.74) is 4.04. The average Bonchev–Trinajstić information content (AvgIpc) is 2.80. The quantitative estimate of drug-likeness (QED) is 0.644. The molecule has 0 spiro atoms. The van der Waals surface area contributed by atoms with E-state index in [2.05, 4.69) is 15.3 Å². The van der Waals surface area contributed by atoms with E-state index in [0.717, 1.165) is 16.8 Å². The van der Waals surface area contributed by atoms with Crippen LogP contribution in [0, 0.1) is 13.8 Å². The van der Waals surface area contributed by atoms with E-state index in [1.54, 1.807) is 6.20 Å². The van der Waals surface area contributed by atoms with Crippen molar-refractivity contribution >= 4 is 28.9 Å². The van der Waals surface area contributed by atoms with Crippen molar-refractivity contribution in [3.8, 4) is 5.69 Å². The highest BCUT2D eigenvalue weighted by atomic mass is 35.5. The summed E-state index contributed by atoms with van der Waals surface area (Å²) < 4.78 is 1.31. The lowest BCUT2D eigenvalue weighted by Gasteiger charge is -2.35. The minimum atomic E-state index is -0.342. The summed E-state index contributed by atoms with van der Waals surface area (Å²) in [6.07, 6.45) is 1.64. The first-order chi connectivity index (χ1) is 15.4. The molecule has 0 atom stereocenters. The Hall–Kier alpha value is -3.16. The van der Waals surface area contributed by atoms with E-state index in [-0.39, 0.29) is 16.5 Å². The molecule has 0 bridgehead atoms. The Labute approximate surface area is 192 Å². The predicted octanol–water partition coefficient (Wildman–Crippen LogP) is 3.26. The van der Waals surface area contributed by atoms with Crippen molar-refractivity contribution in [1.29, 1.82) is 0 Å². The Bertz CT molecular complexity index is 1170. The zero-order valence-electron chi connectivity index (χ0n) is 18.2. The number of hydrogen-bond donors (Lipinski definition) is 1. The zero-order valence-corrected chi connectivity index (χ0v) is 19.0. The van der Waals surface area contributed by atoms with Crippen molar-refractivity contribution < 1.29 is 4.79 Å². The number of carbonyl (C=O) groups excluding carboxylic acids is 1. The van der Waals surface area contributed by atoms with E-state index in [0.29, 0.717) is 44.1 Å². The molecule has 0 radical (unpaired) electrons. The third kappa shape index (κ3) is 4.69. The number of nitrogens with one attached hydrogen (secondary N) is 1. The van der Waals surface area contributed by atoms with Crippen molar-refractivity contribution in [3.05, 3.63) is 81.2 Å². The van der Waals surface area contributed by atoms with Crippen molar-refractivity contribution in [1.82, 2.24) is 14.7 Å². The molecule has 4 rings (SSSR count). The maximum Gasteiger partial charge on any atom is 0.292 e. The summed E-state index contributed by atoms with van der Waals surface area (Å²) >= 11 is 6.43. The summed E-state index contributed by atoms with van der Waals surface area (Å²) in [6.45, 7) is 7.06. The Morgan fingerprint density at radius 1 is 1.03 bits per heavy atom. The SMILES string of the molecule is Cc1cccc(NC(=O)CN2CCN(c3cnn(-c4ccccc4)c(=O)c3Cl)CC2)c1C. The predicted molar refractivity (Wildman–Crippen MR) is 128 cm³/mol. The molecule has 3 aromatic rings. The number of rotatable bonds is 5. The molecule has 1 N–H and O–H groups in total. The molecule has 1 aromatic heterocycles. The Morgan fingerprint density at radius 3 is 2.47 bits per heavy atom. The number of anilines is 2. The number of nitrogens with zero attached hydrogens (tertiary/aromatic N) is 4. The van der Waals surface area contributed by atoms with Crippen LogP contribution in [0.4, 0.5) is 11.4 Å². The van der Waals surface area contributed by atoms with Gasteiger partial charge in [0.15, 0.2) is 0 Å². The van der Waals surface area contributed by atoms with Gasteiger partial charge in [-0.05, 0) is 43.2 Å². The largest absolute Gasteiger partial charge is 0.366 e. The molecule has 0 saturated carbocycles. The maximum atomic E-state index is 12.7. The normalized spacial score (nSPS) is 14.4. The van der Waals surface area contributed by atoms with Gasteiger partial charge in [-0.1, -0.05) is 41.9 Å². The lowest BCUT2D eigenvalue weighted by atomic mass is 10.1. The van der Waals surface area contributed by atoms with Crippen LogP contribution in [-0.4, -0.2) is 53.3 Å². The minimum Gasteiger partial charge on any atom is -0.366 e. The second-order valence-electron chi connectivity index (χ2n) is 7.96. The van der Waals surface area contributed by atoms with Gasteiger partial charge in [-0.3, -0.25) is 14.5 Å². The third-order valence-corrected chi connectivity index (χ3v) is 6.22. The maximum absolute atomic E-state index is 12.7. The molecule has 1 amide bonds. The topological polar surface area (TPSA) is 70.5 Å². The van der Waals surface area contributed by atoms with Crippen molar-refractivity contribution in [3.63, 3.8) is 0 Å². The summed E-state index contributed by atoms with van der Waals surface area (Å²) in [4.78, 5) is 29.4. The highest BCUT2D eigenvalue weighted by Gasteiger charge is 2.23. The Balaban J connectivity index is 1.37.